The van der Waals surface area contributed by atoms with Crippen LogP contribution in [0.15, 0.2) is 12.1 Å². The zero-order valence-electron chi connectivity index (χ0n) is 14.0. The lowest BCUT2D eigenvalue weighted by Gasteiger charge is -2.36. The predicted molar refractivity (Wildman–Crippen MR) is 87.7 cm³/mol. The van der Waals surface area contributed by atoms with Gasteiger partial charge in [-0.3, -0.25) is 0 Å². The fourth-order valence-corrected chi connectivity index (χ4v) is 2.86. The Kier molecular flexibility index (Phi) is 5.59. The van der Waals surface area contributed by atoms with Crippen molar-refractivity contribution < 1.29 is 4.74 Å². The van der Waals surface area contributed by atoms with E-state index < -0.39 is 0 Å². The molecule has 0 radical (unpaired) electrons. The molecule has 4 heteroatoms. The number of aryl methyl sites for hydroxylation is 1. The van der Waals surface area contributed by atoms with Crippen molar-refractivity contribution in [3.05, 3.63) is 23.4 Å². The van der Waals surface area contributed by atoms with Crippen LogP contribution in [-0.4, -0.2) is 36.8 Å². The van der Waals surface area contributed by atoms with Gasteiger partial charge in [0.1, 0.15) is 5.82 Å². The molecular formula is C17H29N3O. The number of rotatable bonds is 5. The summed E-state index contributed by atoms with van der Waals surface area (Å²) >= 11 is 0. The third-order valence-electron chi connectivity index (χ3n) is 3.62. The van der Waals surface area contributed by atoms with Crippen LogP contribution in [0.2, 0.25) is 0 Å². The molecule has 4 nitrogen and oxygen atoms in total. The molecule has 2 unspecified atom stereocenters. The lowest BCUT2D eigenvalue weighted by Crippen LogP contribution is -2.46. The van der Waals surface area contributed by atoms with E-state index in [2.05, 4.69) is 57.0 Å². The summed E-state index contributed by atoms with van der Waals surface area (Å²) in [6.07, 6.45) is 0.525. The molecule has 0 aliphatic carbocycles. The summed E-state index contributed by atoms with van der Waals surface area (Å²) in [4.78, 5) is 7.06. The Hall–Kier alpha value is -1.13. The number of aromatic nitrogens is 1. The fraction of sp³-hybridized carbons (Fsp3) is 0.706. The quantitative estimate of drug-likeness (QED) is 0.905. The highest BCUT2D eigenvalue weighted by Crippen LogP contribution is 2.20. The van der Waals surface area contributed by atoms with Gasteiger partial charge in [-0.25, -0.2) is 4.98 Å². The topological polar surface area (TPSA) is 37.4 Å². The second kappa shape index (κ2) is 7.23. The molecule has 2 atom stereocenters. The first-order chi connectivity index (χ1) is 9.94. The lowest BCUT2D eigenvalue weighted by molar-refractivity contribution is -0.00547. The summed E-state index contributed by atoms with van der Waals surface area (Å²) in [5.74, 6) is 1.76. The van der Waals surface area contributed by atoms with E-state index in [0.29, 0.717) is 5.92 Å². The maximum Gasteiger partial charge on any atom is 0.129 e. The van der Waals surface area contributed by atoms with Crippen molar-refractivity contribution in [3.8, 4) is 0 Å². The molecular weight excluding hydrogens is 262 g/mol. The molecule has 1 fully saturated rings. The molecule has 2 rings (SSSR count). The van der Waals surface area contributed by atoms with E-state index in [1.165, 1.54) is 5.56 Å². The van der Waals surface area contributed by atoms with Crippen LogP contribution in [-0.2, 0) is 11.3 Å². The van der Waals surface area contributed by atoms with E-state index in [4.69, 9.17) is 9.72 Å². The molecule has 1 aliphatic rings. The standard InChI is InChI=1S/C17H29N3O/c1-12(2)8-18-9-16-6-13(3)19-17(7-16)20-10-14(4)21-15(5)11-20/h6-7,12,14-15,18H,8-11H2,1-5H3. The lowest BCUT2D eigenvalue weighted by atomic mass is 10.1. The number of anilines is 1. The van der Waals surface area contributed by atoms with Gasteiger partial charge < -0.3 is 15.0 Å². The van der Waals surface area contributed by atoms with Gasteiger partial charge in [0, 0.05) is 25.3 Å². The van der Waals surface area contributed by atoms with Crippen molar-refractivity contribution >= 4 is 5.82 Å². The van der Waals surface area contributed by atoms with Crippen molar-refractivity contribution in [2.75, 3.05) is 24.5 Å². The largest absolute Gasteiger partial charge is 0.372 e. The van der Waals surface area contributed by atoms with Crippen LogP contribution in [0.1, 0.15) is 39.0 Å². The number of hydrogen-bond donors (Lipinski definition) is 1. The molecule has 2 heterocycles. The Labute approximate surface area is 128 Å². The smallest absolute Gasteiger partial charge is 0.129 e. The first-order valence-corrected chi connectivity index (χ1v) is 8.02. The second-order valence-electron chi connectivity index (χ2n) is 6.66. The Bertz CT molecular complexity index is 451. The number of nitrogens with one attached hydrogen (secondary N) is 1. The van der Waals surface area contributed by atoms with Crippen LogP contribution < -0.4 is 10.2 Å². The Morgan fingerprint density at radius 3 is 2.57 bits per heavy atom. The summed E-state index contributed by atoms with van der Waals surface area (Å²) < 4.78 is 5.81. The third-order valence-corrected chi connectivity index (χ3v) is 3.62. The van der Waals surface area contributed by atoms with Gasteiger partial charge in [0.15, 0.2) is 0 Å². The van der Waals surface area contributed by atoms with Crippen molar-refractivity contribution in [1.29, 1.82) is 0 Å². The molecule has 0 aromatic carbocycles. The number of hydrogen-bond acceptors (Lipinski definition) is 4. The molecule has 1 aromatic heterocycles. The van der Waals surface area contributed by atoms with Gasteiger partial charge >= 0.3 is 0 Å². The van der Waals surface area contributed by atoms with E-state index in [-0.39, 0.29) is 12.2 Å². The van der Waals surface area contributed by atoms with Gasteiger partial charge in [-0.2, -0.15) is 0 Å². The Morgan fingerprint density at radius 2 is 1.95 bits per heavy atom. The minimum Gasteiger partial charge on any atom is -0.372 e. The van der Waals surface area contributed by atoms with Crippen LogP contribution in [0, 0.1) is 12.8 Å². The van der Waals surface area contributed by atoms with Gasteiger partial charge in [0.2, 0.25) is 0 Å². The van der Waals surface area contributed by atoms with Crippen LogP contribution in [0.25, 0.3) is 0 Å². The maximum absolute atomic E-state index is 5.81. The van der Waals surface area contributed by atoms with Gasteiger partial charge in [-0.15, -0.1) is 0 Å². The van der Waals surface area contributed by atoms with Crippen molar-refractivity contribution in [3.63, 3.8) is 0 Å². The number of ether oxygens (including phenoxy) is 1. The van der Waals surface area contributed by atoms with Gasteiger partial charge in [0.25, 0.3) is 0 Å². The minimum atomic E-state index is 0.263. The summed E-state index contributed by atoms with van der Waals surface area (Å²) in [6, 6.07) is 4.38. The van der Waals surface area contributed by atoms with Crippen LogP contribution in [0.5, 0.6) is 0 Å². The number of pyridine rings is 1. The maximum atomic E-state index is 5.81. The average Bonchev–Trinajstić information content (AvgIpc) is 2.36. The van der Waals surface area contributed by atoms with E-state index in [0.717, 1.165) is 37.7 Å². The SMILES string of the molecule is Cc1cc(CNCC(C)C)cc(N2CC(C)OC(C)C2)n1. The first-order valence-electron chi connectivity index (χ1n) is 8.02. The summed E-state index contributed by atoms with van der Waals surface area (Å²) in [5.41, 5.74) is 2.39. The molecule has 1 saturated heterocycles. The normalized spacial score (nSPS) is 22.9. The van der Waals surface area contributed by atoms with E-state index in [9.17, 15) is 0 Å². The van der Waals surface area contributed by atoms with E-state index >= 15 is 0 Å². The molecule has 118 valence electrons. The monoisotopic (exact) mass is 291 g/mol. The molecule has 21 heavy (non-hydrogen) atoms. The first kappa shape index (κ1) is 16.2. The highest BCUT2D eigenvalue weighted by Gasteiger charge is 2.23. The highest BCUT2D eigenvalue weighted by atomic mass is 16.5. The molecule has 0 bridgehead atoms. The fourth-order valence-electron chi connectivity index (χ4n) is 2.86. The zero-order valence-corrected chi connectivity index (χ0v) is 14.0. The Balaban J connectivity index is 2.07. The molecule has 1 aromatic rings. The number of morpholine rings is 1. The van der Waals surface area contributed by atoms with Crippen LogP contribution in [0.4, 0.5) is 5.82 Å². The van der Waals surface area contributed by atoms with Crippen molar-refractivity contribution in [2.45, 2.75) is 53.4 Å². The summed E-state index contributed by atoms with van der Waals surface area (Å²) in [5, 5.41) is 3.51. The molecule has 0 amide bonds. The van der Waals surface area contributed by atoms with Crippen LogP contribution in [0.3, 0.4) is 0 Å². The molecule has 0 saturated carbocycles. The third kappa shape index (κ3) is 4.97. The summed E-state index contributed by atoms with van der Waals surface area (Å²) in [6.45, 7) is 14.6. The van der Waals surface area contributed by atoms with E-state index in [1.54, 1.807) is 0 Å². The average molecular weight is 291 g/mol. The Morgan fingerprint density at radius 1 is 1.29 bits per heavy atom. The molecule has 1 N–H and O–H groups in total. The van der Waals surface area contributed by atoms with Crippen molar-refractivity contribution in [2.24, 2.45) is 5.92 Å². The van der Waals surface area contributed by atoms with Gasteiger partial charge in [-0.05, 0) is 50.9 Å². The predicted octanol–water partition coefficient (Wildman–Crippen LogP) is 2.75. The molecule has 0 spiro atoms. The summed E-state index contributed by atoms with van der Waals surface area (Å²) in [7, 11) is 0. The minimum absolute atomic E-state index is 0.263. The zero-order chi connectivity index (χ0) is 15.4. The van der Waals surface area contributed by atoms with Crippen molar-refractivity contribution in [1.82, 2.24) is 10.3 Å². The van der Waals surface area contributed by atoms with Crippen LogP contribution >= 0.6 is 0 Å². The van der Waals surface area contributed by atoms with Gasteiger partial charge in [0.05, 0.1) is 12.2 Å². The number of nitrogens with zero attached hydrogens (tertiary/aromatic N) is 2. The highest BCUT2D eigenvalue weighted by molar-refractivity contribution is 5.43. The van der Waals surface area contributed by atoms with E-state index in [1.807, 2.05) is 0 Å². The molecule has 1 aliphatic heterocycles. The van der Waals surface area contributed by atoms with Gasteiger partial charge in [-0.1, -0.05) is 13.8 Å². The second-order valence-corrected chi connectivity index (χ2v) is 6.66.